The van der Waals surface area contributed by atoms with Crippen LogP contribution in [-0.2, 0) is 11.5 Å². The van der Waals surface area contributed by atoms with Crippen LogP contribution in [-0.4, -0.2) is 15.0 Å². The number of rotatable bonds is 2. The van der Waals surface area contributed by atoms with E-state index < -0.39 is 11.7 Å². The molecule has 3 nitrogen and oxygen atoms in total. The fourth-order valence-corrected chi connectivity index (χ4v) is 1.80. The van der Waals surface area contributed by atoms with Crippen LogP contribution in [0.5, 0.6) is 0 Å². The molecule has 0 unspecified atom stereocenters. The lowest BCUT2D eigenvalue weighted by Crippen LogP contribution is -2.09. The summed E-state index contributed by atoms with van der Waals surface area (Å²) in [7, 11) is 0. The second-order valence-corrected chi connectivity index (χ2v) is 4.35. The molecule has 0 N–H and O–H groups in total. The summed E-state index contributed by atoms with van der Waals surface area (Å²) in [5.74, 6) is 0. The van der Waals surface area contributed by atoms with Crippen molar-refractivity contribution in [3.8, 4) is 5.69 Å². The molecule has 1 heterocycles. The highest BCUT2D eigenvalue weighted by atomic mass is 79.9. The van der Waals surface area contributed by atoms with Crippen molar-refractivity contribution < 1.29 is 13.2 Å². The van der Waals surface area contributed by atoms with E-state index in [1.807, 2.05) is 0 Å². The third-order valence-corrected chi connectivity index (χ3v) is 3.04. The van der Waals surface area contributed by atoms with Gasteiger partial charge in [0.25, 0.3) is 0 Å². The number of halogens is 4. The lowest BCUT2D eigenvalue weighted by Gasteiger charge is -2.11. The molecule has 0 bridgehead atoms. The topological polar surface area (TPSA) is 30.7 Å². The van der Waals surface area contributed by atoms with Crippen LogP contribution in [0.4, 0.5) is 13.2 Å². The molecule has 0 amide bonds. The summed E-state index contributed by atoms with van der Waals surface area (Å²) >= 11 is 3.21. The molecule has 0 spiro atoms. The van der Waals surface area contributed by atoms with Gasteiger partial charge in [0.2, 0.25) is 0 Å². The molecule has 2 rings (SSSR count). The van der Waals surface area contributed by atoms with E-state index in [9.17, 15) is 13.2 Å². The highest BCUT2D eigenvalue weighted by Gasteiger charge is 2.32. The molecule has 0 saturated carbocycles. The van der Waals surface area contributed by atoms with Crippen LogP contribution < -0.4 is 0 Å². The van der Waals surface area contributed by atoms with Crippen molar-refractivity contribution in [1.82, 2.24) is 15.0 Å². The summed E-state index contributed by atoms with van der Waals surface area (Å²) in [6.45, 7) is 1.43. The zero-order valence-corrected chi connectivity index (χ0v) is 11.0. The Labute approximate surface area is 110 Å². The third-order valence-electron chi connectivity index (χ3n) is 2.47. The summed E-state index contributed by atoms with van der Waals surface area (Å²) in [5, 5.41) is 8.09. The van der Waals surface area contributed by atoms with Crippen LogP contribution in [0, 0.1) is 6.92 Å². The number of aryl methyl sites for hydroxylation is 1. The summed E-state index contributed by atoms with van der Waals surface area (Å²) in [5.41, 5.74) is 0.528. The van der Waals surface area contributed by atoms with Gasteiger partial charge in [0.15, 0.2) is 0 Å². The van der Waals surface area contributed by atoms with Crippen LogP contribution >= 0.6 is 15.9 Å². The van der Waals surface area contributed by atoms with E-state index in [4.69, 9.17) is 0 Å². The van der Waals surface area contributed by atoms with E-state index in [0.29, 0.717) is 16.7 Å². The van der Waals surface area contributed by atoms with Crippen molar-refractivity contribution in [3.63, 3.8) is 0 Å². The molecule has 0 aliphatic rings. The maximum absolute atomic E-state index is 12.8. The summed E-state index contributed by atoms with van der Waals surface area (Å²) < 4.78 is 39.6. The molecular weight excluding hydrogens is 311 g/mol. The number of nitrogens with zero attached hydrogens (tertiary/aromatic N) is 3. The Kier molecular flexibility index (Phi) is 3.43. The Balaban J connectivity index is 2.47. The van der Waals surface area contributed by atoms with Crippen molar-refractivity contribution in [3.05, 3.63) is 41.2 Å². The van der Waals surface area contributed by atoms with E-state index in [2.05, 4.69) is 26.2 Å². The number of hydrogen-bond donors (Lipinski definition) is 0. The van der Waals surface area contributed by atoms with Gasteiger partial charge in [0.05, 0.1) is 23.1 Å². The lowest BCUT2D eigenvalue weighted by molar-refractivity contribution is -0.138. The minimum atomic E-state index is -4.36. The average Bonchev–Trinajstić information content (AvgIpc) is 2.76. The first-order chi connectivity index (χ1) is 8.41. The highest BCUT2D eigenvalue weighted by molar-refractivity contribution is 9.08. The monoisotopic (exact) mass is 319 g/mol. The number of alkyl halides is 4. The van der Waals surface area contributed by atoms with Gasteiger partial charge in [-0.1, -0.05) is 27.2 Å². The quantitative estimate of drug-likeness (QED) is 0.793. The van der Waals surface area contributed by atoms with Gasteiger partial charge < -0.3 is 0 Å². The lowest BCUT2D eigenvalue weighted by atomic mass is 10.1. The van der Waals surface area contributed by atoms with Gasteiger partial charge in [-0.25, -0.2) is 4.68 Å². The van der Waals surface area contributed by atoms with Gasteiger partial charge in [0, 0.05) is 5.33 Å². The summed E-state index contributed by atoms with van der Waals surface area (Å²) in [4.78, 5) is 0. The fourth-order valence-electron chi connectivity index (χ4n) is 1.54. The third kappa shape index (κ3) is 2.55. The Bertz CT molecular complexity index is 563. The van der Waals surface area contributed by atoms with Crippen molar-refractivity contribution in [1.29, 1.82) is 0 Å². The molecule has 1 aromatic carbocycles. The van der Waals surface area contributed by atoms with Crippen LogP contribution in [0.3, 0.4) is 0 Å². The average molecular weight is 320 g/mol. The number of hydrogen-bond acceptors (Lipinski definition) is 2. The zero-order chi connectivity index (χ0) is 13.3. The van der Waals surface area contributed by atoms with Crippen molar-refractivity contribution in [2.24, 2.45) is 0 Å². The molecule has 0 fully saturated rings. The van der Waals surface area contributed by atoms with E-state index in [1.54, 1.807) is 12.3 Å². The highest BCUT2D eigenvalue weighted by Crippen LogP contribution is 2.32. The van der Waals surface area contributed by atoms with Gasteiger partial charge >= 0.3 is 6.18 Å². The number of benzene rings is 1. The Morgan fingerprint density at radius 2 is 2.06 bits per heavy atom. The SMILES string of the molecule is Cc1ccc(-n2cc(CBr)nn2)cc1C(F)(F)F. The maximum Gasteiger partial charge on any atom is 0.416 e. The molecule has 0 radical (unpaired) electrons. The molecule has 96 valence electrons. The molecule has 0 atom stereocenters. The second-order valence-electron chi connectivity index (χ2n) is 3.79. The predicted molar refractivity (Wildman–Crippen MR) is 63.7 cm³/mol. The standard InChI is InChI=1S/C11H9BrF3N3/c1-7-2-3-9(4-10(7)11(13,14)15)18-6-8(5-12)16-17-18/h2-4,6H,5H2,1H3. The normalized spacial score (nSPS) is 11.8. The van der Waals surface area contributed by atoms with E-state index in [-0.39, 0.29) is 5.56 Å². The van der Waals surface area contributed by atoms with E-state index >= 15 is 0 Å². The van der Waals surface area contributed by atoms with Crippen molar-refractivity contribution in [2.75, 3.05) is 0 Å². The summed E-state index contributed by atoms with van der Waals surface area (Å²) in [6.07, 6.45) is -2.78. The first-order valence-electron chi connectivity index (χ1n) is 5.07. The van der Waals surface area contributed by atoms with Gasteiger partial charge in [-0.15, -0.1) is 5.10 Å². The van der Waals surface area contributed by atoms with Crippen LogP contribution in [0.25, 0.3) is 5.69 Å². The van der Waals surface area contributed by atoms with E-state index in [1.165, 1.54) is 17.7 Å². The Morgan fingerprint density at radius 3 is 2.61 bits per heavy atom. The van der Waals surface area contributed by atoms with Gasteiger partial charge in [0.1, 0.15) is 0 Å². The van der Waals surface area contributed by atoms with Gasteiger partial charge in [-0.3, -0.25) is 0 Å². The molecule has 18 heavy (non-hydrogen) atoms. The van der Waals surface area contributed by atoms with Crippen LogP contribution in [0.1, 0.15) is 16.8 Å². The first-order valence-corrected chi connectivity index (χ1v) is 6.19. The Hall–Kier alpha value is -1.37. The molecular formula is C11H9BrF3N3. The minimum absolute atomic E-state index is 0.187. The molecule has 0 aliphatic heterocycles. The molecule has 2 aromatic rings. The zero-order valence-electron chi connectivity index (χ0n) is 9.37. The molecule has 0 saturated heterocycles. The van der Waals surface area contributed by atoms with Crippen LogP contribution in [0.2, 0.25) is 0 Å². The minimum Gasteiger partial charge on any atom is -0.220 e. The first kappa shape index (κ1) is 13.1. The van der Waals surface area contributed by atoms with Crippen LogP contribution in [0.15, 0.2) is 24.4 Å². The molecule has 0 aliphatic carbocycles. The van der Waals surface area contributed by atoms with Gasteiger partial charge in [-0.2, -0.15) is 13.2 Å². The smallest absolute Gasteiger partial charge is 0.220 e. The second kappa shape index (κ2) is 4.72. The number of aromatic nitrogens is 3. The van der Waals surface area contributed by atoms with E-state index in [0.717, 1.165) is 6.07 Å². The molecule has 1 aromatic heterocycles. The Morgan fingerprint density at radius 1 is 1.33 bits per heavy atom. The molecule has 7 heteroatoms. The fraction of sp³-hybridized carbons (Fsp3) is 0.273. The predicted octanol–water partition coefficient (Wildman–Crippen LogP) is 3.49. The van der Waals surface area contributed by atoms with Crippen molar-refractivity contribution in [2.45, 2.75) is 18.4 Å². The summed E-state index contributed by atoms with van der Waals surface area (Å²) in [6, 6.07) is 4.08. The van der Waals surface area contributed by atoms with Gasteiger partial charge in [-0.05, 0) is 24.6 Å². The maximum atomic E-state index is 12.8. The van der Waals surface area contributed by atoms with Crippen molar-refractivity contribution >= 4 is 15.9 Å². The largest absolute Gasteiger partial charge is 0.416 e.